The lowest BCUT2D eigenvalue weighted by atomic mass is 10.2. The van der Waals surface area contributed by atoms with E-state index in [4.69, 9.17) is 27.0 Å². The highest BCUT2D eigenvalue weighted by Gasteiger charge is 2.08. The number of hydrogen-bond donors (Lipinski definition) is 2. The van der Waals surface area contributed by atoms with Crippen LogP contribution < -0.4 is 5.73 Å². The number of nitrogens with two attached hydrogens (primary N) is 1. The third-order valence-corrected chi connectivity index (χ3v) is 3.12. The first kappa shape index (κ1) is 11.8. The molecule has 1 aromatic heterocycles. The summed E-state index contributed by atoms with van der Waals surface area (Å²) in [5, 5.41) is 12.4. The van der Waals surface area contributed by atoms with Gasteiger partial charge in [0.1, 0.15) is 6.26 Å². The fraction of sp³-hybridized carbons (Fsp3) is 0. The maximum Gasteiger partial charge on any atom is 0.260 e. The second-order valence-corrected chi connectivity index (χ2v) is 4.46. The molecule has 0 atom stereocenters. The van der Waals surface area contributed by atoms with Crippen LogP contribution in [0.25, 0.3) is 0 Å². The normalized spacial score (nSPS) is 11.7. The Morgan fingerprint density at radius 3 is 2.94 bits per heavy atom. The minimum Gasteiger partial charge on any atom is -0.440 e. The van der Waals surface area contributed by atoms with Crippen LogP contribution in [0.3, 0.4) is 0 Å². The predicted octanol–water partition coefficient (Wildman–Crippen LogP) is 2.57. The van der Waals surface area contributed by atoms with Crippen LogP contribution in [0.1, 0.15) is 5.56 Å². The molecule has 0 unspecified atom stereocenters. The lowest BCUT2D eigenvalue weighted by Gasteiger charge is -2.03. The van der Waals surface area contributed by atoms with Gasteiger partial charge in [0.2, 0.25) is 0 Å². The zero-order valence-electron chi connectivity index (χ0n) is 8.50. The van der Waals surface area contributed by atoms with Crippen molar-refractivity contribution < 1.29 is 9.62 Å². The van der Waals surface area contributed by atoms with E-state index in [9.17, 15) is 0 Å². The largest absolute Gasteiger partial charge is 0.440 e. The lowest BCUT2D eigenvalue weighted by molar-refractivity contribution is 0.318. The van der Waals surface area contributed by atoms with Gasteiger partial charge in [0.25, 0.3) is 5.22 Å². The van der Waals surface area contributed by atoms with Crippen LogP contribution in [-0.4, -0.2) is 16.0 Å². The van der Waals surface area contributed by atoms with Gasteiger partial charge in [-0.2, -0.15) is 0 Å². The zero-order valence-corrected chi connectivity index (χ0v) is 10.1. The molecule has 0 radical (unpaired) electrons. The number of aromatic nitrogens is 1. The first-order valence-electron chi connectivity index (χ1n) is 4.55. The summed E-state index contributed by atoms with van der Waals surface area (Å²) in [5.74, 6) is -0.0253. The number of benzene rings is 1. The smallest absolute Gasteiger partial charge is 0.260 e. The molecule has 88 valence electrons. The first-order chi connectivity index (χ1) is 8.20. The summed E-state index contributed by atoms with van der Waals surface area (Å²) in [6, 6.07) is 5.15. The highest BCUT2D eigenvalue weighted by molar-refractivity contribution is 7.99. The van der Waals surface area contributed by atoms with Crippen molar-refractivity contribution in [3.05, 3.63) is 41.2 Å². The third kappa shape index (κ3) is 2.72. The van der Waals surface area contributed by atoms with Gasteiger partial charge in [0.15, 0.2) is 5.84 Å². The van der Waals surface area contributed by atoms with Crippen molar-refractivity contribution in [1.82, 2.24) is 4.98 Å². The van der Waals surface area contributed by atoms with Gasteiger partial charge in [-0.15, -0.1) is 0 Å². The molecular weight excluding hydrogens is 262 g/mol. The Hall–Kier alpha value is -1.66. The minimum absolute atomic E-state index is 0.0253. The van der Waals surface area contributed by atoms with E-state index in [1.807, 2.05) is 0 Å². The Kier molecular flexibility index (Phi) is 3.55. The lowest BCUT2D eigenvalue weighted by Crippen LogP contribution is -2.13. The monoisotopic (exact) mass is 269 g/mol. The van der Waals surface area contributed by atoms with Gasteiger partial charge < -0.3 is 15.4 Å². The Labute approximate surface area is 106 Å². The van der Waals surface area contributed by atoms with Crippen LogP contribution in [0.5, 0.6) is 0 Å². The molecule has 7 heteroatoms. The van der Waals surface area contributed by atoms with E-state index >= 15 is 0 Å². The molecule has 0 bridgehead atoms. The first-order valence-corrected chi connectivity index (χ1v) is 5.75. The average molecular weight is 270 g/mol. The fourth-order valence-electron chi connectivity index (χ4n) is 1.18. The van der Waals surface area contributed by atoms with Crippen LogP contribution in [-0.2, 0) is 0 Å². The summed E-state index contributed by atoms with van der Waals surface area (Å²) in [4.78, 5) is 4.83. The summed E-state index contributed by atoms with van der Waals surface area (Å²) in [6.07, 6.45) is 3.06. The van der Waals surface area contributed by atoms with Gasteiger partial charge >= 0.3 is 0 Å². The van der Waals surface area contributed by atoms with Crippen molar-refractivity contribution in [3.63, 3.8) is 0 Å². The molecule has 0 saturated carbocycles. The predicted molar refractivity (Wildman–Crippen MR) is 64.6 cm³/mol. The van der Waals surface area contributed by atoms with Gasteiger partial charge in [-0.3, -0.25) is 0 Å². The van der Waals surface area contributed by atoms with Crippen LogP contribution in [0.15, 0.2) is 50.4 Å². The van der Waals surface area contributed by atoms with Crippen LogP contribution >= 0.6 is 23.4 Å². The molecule has 0 spiro atoms. The molecule has 0 saturated heterocycles. The summed E-state index contributed by atoms with van der Waals surface area (Å²) >= 11 is 7.34. The van der Waals surface area contributed by atoms with E-state index in [0.29, 0.717) is 15.8 Å². The number of oxazole rings is 1. The standard InChI is InChI=1S/C10H8ClN3O2S/c11-8-5-6(17-10-13-3-4-16-10)1-2-7(8)9(12)14-15/h1-5,15H,(H2,12,14). The third-order valence-electron chi connectivity index (χ3n) is 1.94. The average Bonchev–Trinajstić information content (AvgIpc) is 2.81. The van der Waals surface area contributed by atoms with E-state index in [2.05, 4.69) is 10.1 Å². The Balaban J connectivity index is 2.25. The van der Waals surface area contributed by atoms with E-state index in [1.54, 1.807) is 24.4 Å². The molecule has 3 N–H and O–H groups in total. The molecular formula is C10H8ClN3O2S. The molecule has 0 fully saturated rings. The molecule has 2 aromatic rings. The van der Waals surface area contributed by atoms with Crippen molar-refractivity contribution in [2.24, 2.45) is 10.9 Å². The van der Waals surface area contributed by atoms with Crippen molar-refractivity contribution in [3.8, 4) is 0 Å². The van der Waals surface area contributed by atoms with Crippen LogP contribution in [0.4, 0.5) is 0 Å². The molecule has 0 aliphatic rings. The summed E-state index contributed by atoms with van der Waals surface area (Å²) in [6.45, 7) is 0. The van der Waals surface area contributed by atoms with Crippen LogP contribution in [0.2, 0.25) is 5.02 Å². The molecule has 1 heterocycles. The topological polar surface area (TPSA) is 84.6 Å². The zero-order chi connectivity index (χ0) is 12.3. The maximum absolute atomic E-state index is 8.56. The Morgan fingerprint density at radius 2 is 2.35 bits per heavy atom. The number of nitrogens with zero attached hydrogens (tertiary/aromatic N) is 2. The molecule has 1 aromatic carbocycles. The second kappa shape index (κ2) is 5.11. The van der Waals surface area contributed by atoms with Crippen molar-refractivity contribution >= 4 is 29.2 Å². The van der Waals surface area contributed by atoms with E-state index in [1.165, 1.54) is 18.0 Å². The van der Waals surface area contributed by atoms with Gasteiger partial charge in [-0.1, -0.05) is 16.8 Å². The maximum atomic E-state index is 8.56. The highest BCUT2D eigenvalue weighted by Crippen LogP contribution is 2.29. The van der Waals surface area contributed by atoms with Crippen LogP contribution in [0, 0.1) is 0 Å². The molecule has 0 aliphatic heterocycles. The highest BCUT2D eigenvalue weighted by atomic mass is 35.5. The summed E-state index contributed by atoms with van der Waals surface area (Å²) in [5.41, 5.74) is 5.94. The van der Waals surface area contributed by atoms with Gasteiger partial charge in [-0.25, -0.2) is 4.98 Å². The molecule has 5 nitrogen and oxygen atoms in total. The van der Waals surface area contributed by atoms with Crippen molar-refractivity contribution in [2.75, 3.05) is 0 Å². The van der Waals surface area contributed by atoms with E-state index < -0.39 is 0 Å². The van der Waals surface area contributed by atoms with Gasteiger partial charge in [0, 0.05) is 10.5 Å². The quantitative estimate of drug-likeness (QED) is 0.387. The SMILES string of the molecule is N/C(=N/O)c1ccc(Sc2ncco2)cc1Cl. The van der Waals surface area contributed by atoms with E-state index in [-0.39, 0.29) is 5.84 Å². The van der Waals surface area contributed by atoms with Crippen molar-refractivity contribution in [1.29, 1.82) is 0 Å². The molecule has 2 rings (SSSR count). The number of halogens is 1. The summed E-state index contributed by atoms with van der Waals surface area (Å²) < 4.78 is 5.10. The minimum atomic E-state index is -0.0253. The number of rotatable bonds is 3. The fourth-order valence-corrected chi connectivity index (χ4v) is 2.26. The van der Waals surface area contributed by atoms with Gasteiger partial charge in [0.05, 0.1) is 11.2 Å². The number of amidine groups is 1. The summed E-state index contributed by atoms with van der Waals surface area (Å²) in [7, 11) is 0. The molecule has 0 aliphatic carbocycles. The Morgan fingerprint density at radius 1 is 1.53 bits per heavy atom. The number of oxime groups is 1. The van der Waals surface area contributed by atoms with Crippen molar-refractivity contribution in [2.45, 2.75) is 10.1 Å². The van der Waals surface area contributed by atoms with Gasteiger partial charge in [-0.05, 0) is 30.0 Å². The Bertz CT molecular complexity index is 542. The number of hydrogen-bond acceptors (Lipinski definition) is 5. The molecule has 0 amide bonds. The molecule has 17 heavy (non-hydrogen) atoms. The second-order valence-electron chi connectivity index (χ2n) is 3.03. The van der Waals surface area contributed by atoms with E-state index in [0.717, 1.165) is 4.90 Å².